The summed E-state index contributed by atoms with van der Waals surface area (Å²) in [6.07, 6.45) is 0. The molecule has 0 aromatic heterocycles. The van der Waals surface area contributed by atoms with Crippen LogP contribution in [-0.2, 0) is 0 Å². The van der Waals surface area contributed by atoms with Crippen LogP contribution < -0.4 is 0 Å². The van der Waals surface area contributed by atoms with E-state index in [2.05, 4.69) is 11.8 Å². The van der Waals surface area contributed by atoms with Crippen LogP contribution in [0, 0.1) is 32.6 Å². The topological polar surface area (TPSA) is 17.1 Å². The van der Waals surface area contributed by atoms with E-state index in [1.54, 1.807) is 0 Å². The molecular weight excluding hydrogens is 232 g/mol. The van der Waals surface area contributed by atoms with E-state index in [9.17, 15) is 4.79 Å². The summed E-state index contributed by atoms with van der Waals surface area (Å²) in [5.74, 6) is 5.51. The average molecular weight is 248 g/mol. The van der Waals surface area contributed by atoms with Crippen molar-refractivity contribution >= 4 is 5.78 Å². The second-order valence-electron chi connectivity index (χ2n) is 4.76. The van der Waals surface area contributed by atoms with Crippen LogP contribution in [0.25, 0.3) is 0 Å². The molecule has 0 N–H and O–H groups in total. The molecule has 0 bridgehead atoms. The molecule has 19 heavy (non-hydrogen) atoms. The Balaban J connectivity index is 2.27. The van der Waals surface area contributed by atoms with Gasteiger partial charge in [0.2, 0.25) is 5.78 Å². The van der Waals surface area contributed by atoms with E-state index in [0.717, 1.165) is 16.7 Å². The third-order valence-corrected chi connectivity index (χ3v) is 3.01. The summed E-state index contributed by atoms with van der Waals surface area (Å²) in [5.41, 5.74) is 4.79. The van der Waals surface area contributed by atoms with Gasteiger partial charge in [0.25, 0.3) is 0 Å². The molecule has 0 heterocycles. The highest BCUT2D eigenvalue weighted by Crippen LogP contribution is 2.11. The summed E-state index contributed by atoms with van der Waals surface area (Å²) in [6.45, 7) is 5.93. The maximum atomic E-state index is 12.1. The normalized spacial score (nSPS) is 9.63. The quantitative estimate of drug-likeness (QED) is 0.553. The minimum absolute atomic E-state index is 0.123. The van der Waals surface area contributed by atoms with Crippen LogP contribution >= 0.6 is 0 Å². The number of Topliss-reactive ketones (excluding diaryl/α,β-unsaturated/α-hetero) is 1. The minimum atomic E-state index is -0.123. The summed E-state index contributed by atoms with van der Waals surface area (Å²) in [4.78, 5) is 12.1. The number of hydrogen-bond acceptors (Lipinski definition) is 1. The molecule has 0 aliphatic carbocycles. The van der Waals surface area contributed by atoms with Crippen molar-refractivity contribution in [3.05, 3.63) is 70.3 Å². The van der Waals surface area contributed by atoms with Gasteiger partial charge in [0.05, 0.1) is 0 Å². The standard InChI is InChI=1S/C18H16O/c1-13-5-8-16(9-6-13)10-11-18(19)17-12-14(2)4-7-15(17)3/h4-9,12H,1-3H3. The van der Waals surface area contributed by atoms with Gasteiger partial charge in [0, 0.05) is 11.1 Å². The molecule has 1 heteroatoms. The largest absolute Gasteiger partial charge is 0.279 e. The molecule has 0 atom stereocenters. The van der Waals surface area contributed by atoms with Crippen molar-refractivity contribution in [2.24, 2.45) is 0 Å². The molecule has 2 aromatic carbocycles. The summed E-state index contributed by atoms with van der Waals surface area (Å²) >= 11 is 0. The first-order chi connectivity index (χ1) is 9.06. The molecule has 0 unspecified atom stereocenters. The van der Waals surface area contributed by atoms with E-state index in [1.807, 2.05) is 63.2 Å². The second-order valence-corrected chi connectivity index (χ2v) is 4.76. The van der Waals surface area contributed by atoms with E-state index in [4.69, 9.17) is 0 Å². The molecule has 2 aromatic rings. The maximum Gasteiger partial charge on any atom is 0.236 e. The highest BCUT2D eigenvalue weighted by molar-refractivity contribution is 6.10. The first-order valence-corrected chi connectivity index (χ1v) is 6.26. The van der Waals surface area contributed by atoms with Crippen LogP contribution in [0.5, 0.6) is 0 Å². The van der Waals surface area contributed by atoms with Gasteiger partial charge in [0.15, 0.2) is 0 Å². The number of ketones is 1. The van der Waals surface area contributed by atoms with Gasteiger partial charge in [-0.05, 0) is 50.5 Å². The lowest BCUT2D eigenvalue weighted by Crippen LogP contribution is -1.99. The van der Waals surface area contributed by atoms with E-state index < -0.39 is 0 Å². The summed E-state index contributed by atoms with van der Waals surface area (Å²) in [6, 6.07) is 13.7. The lowest BCUT2D eigenvalue weighted by Gasteiger charge is -2.01. The lowest BCUT2D eigenvalue weighted by atomic mass is 10.0. The van der Waals surface area contributed by atoms with Gasteiger partial charge >= 0.3 is 0 Å². The van der Waals surface area contributed by atoms with Gasteiger partial charge in [-0.25, -0.2) is 0 Å². The average Bonchev–Trinajstić information content (AvgIpc) is 2.40. The smallest absolute Gasteiger partial charge is 0.236 e. The molecule has 0 spiro atoms. The van der Waals surface area contributed by atoms with E-state index >= 15 is 0 Å². The van der Waals surface area contributed by atoms with Crippen molar-refractivity contribution in [2.75, 3.05) is 0 Å². The first-order valence-electron chi connectivity index (χ1n) is 6.26. The third-order valence-electron chi connectivity index (χ3n) is 3.01. The fourth-order valence-corrected chi connectivity index (χ4v) is 1.81. The molecule has 1 nitrogen and oxygen atoms in total. The minimum Gasteiger partial charge on any atom is -0.279 e. The van der Waals surface area contributed by atoms with Gasteiger partial charge in [-0.2, -0.15) is 0 Å². The van der Waals surface area contributed by atoms with Crippen molar-refractivity contribution in [2.45, 2.75) is 20.8 Å². The molecule has 0 aliphatic heterocycles. The van der Waals surface area contributed by atoms with Crippen molar-refractivity contribution in [1.29, 1.82) is 0 Å². The highest BCUT2D eigenvalue weighted by Gasteiger charge is 2.05. The number of rotatable bonds is 1. The molecule has 94 valence electrons. The molecule has 2 rings (SSSR count). The van der Waals surface area contributed by atoms with E-state index in [-0.39, 0.29) is 5.78 Å². The summed E-state index contributed by atoms with van der Waals surface area (Å²) < 4.78 is 0. The lowest BCUT2D eigenvalue weighted by molar-refractivity contribution is 0.105. The van der Waals surface area contributed by atoms with Crippen molar-refractivity contribution in [3.63, 3.8) is 0 Å². The van der Waals surface area contributed by atoms with Crippen LogP contribution in [0.3, 0.4) is 0 Å². The summed E-state index contributed by atoms with van der Waals surface area (Å²) in [5, 5.41) is 0. The third kappa shape index (κ3) is 3.33. The van der Waals surface area contributed by atoms with Crippen LogP contribution in [0.1, 0.15) is 32.6 Å². The molecule has 0 amide bonds. The molecule has 0 aliphatic rings. The Morgan fingerprint density at radius 2 is 1.53 bits per heavy atom. The zero-order valence-electron chi connectivity index (χ0n) is 11.4. The van der Waals surface area contributed by atoms with Gasteiger partial charge in [-0.15, -0.1) is 0 Å². The maximum absolute atomic E-state index is 12.1. The first kappa shape index (κ1) is 13.1. The fourth-order valence-electron chi connectivity index (χ4n) is 1.81. The second kappa shape index (κ2) is 5.54. The zero-order chi connectivity index (χ0) is 13.8. The zero-order valence-corrected chi connectivity index (χ0v) is 11.4. The van der Waals surface area contributed by atoms with E-state index in [1.165, 1.54) is 5.56 Å². The molecule has 0 saturated carbocycles. The molecule has 0 radical (unpaired) electrons. The Morgan fingerprint density at radius 3 is 2.21 bits per heavy atom. The molecular formula is C18H16O. The van der Waals surface area contributed by atoms with Gasteiger partial charge in [-0.3, -0.25) is 4.79 Å². The van der Waals surface area contributed by atoms with E-state index in [0.29, 0.717) is 5.56 Å². The Kier molecular flexibility index (Phi) is 3.82. The molecule has 0 fully saturated rings. The van der Waals surface area contributed by atoms with Crippen molar-refractivity contribution < 1.29 is 4.79 Å². The SMILES string of the molecule is Cc1ccc(C#CC(=O)c2cc(C)ccc2C)cc1. The van der Waals surface area contributed by atoms with Crippen LogP contribution in [0.15, 0.2) is 42.5 Å². The van der Waals surface area contributed by atoms with Crippen molar-refractivity contribution in [3.8, 4) is 11.8 Å². The van der Waals surface area contributed by atoms with Gasteiger partial charge < -0.3 is 0 Å². The summed E-state index contributed by atoms with van der Waals surface area (Å²) in [7, 11) is 0. The Bertz CT molecular complexity index is 667. The number of aryl methyl sites for hydroxylation is 3. The van der Waals surface area contributed by atoms with Crippen LogP contribution in [0.4, 0.5) is 0 Å². The number of carbonyl (C=O) groups is 1. The van der Waals surface area contributed by atoms with Crippen LogP contribution in [0.2, 0.25) is 0 Å². The Labute approximate surface area is 114 Å². The number of hydrogen-bond donors (Lipinski definition) is 0. The highest BCUT2D eigenvalue weighted by atomic mass is 16.1. The van der Waals surface area contributed by atoms with Gasteiger partial charge in [-0.1, -0.05) is 41.3 Å². The predicted molar refractivity (Wildman–Crippen MR) is 78.3 cm³/mol. The monoisotopic (exact) mass is 248 g/mol. The Hall–Kier alpha value is -2.33. The van der Waals surface area contributed by atoms with Crippen molar-refractivity contribution in [1.82, 2.24) is 0 Å². The Morgan fingerprint density at radius 1 is 0.895 bits per heavy atom. The number of benzene rings is 2. The van der Waals surface area contributed by atoms with Crippen LogP contribution in [-0.4, -0.2) is 5.78 Å². The predicted octanol–water partition coefficient (Wildman–Crippen LogP) is 3.85. The molecule has 0 saturated heterocycles. The van der Waals surface area contributed by atoms with Gasteiger partial charge in [0.1, 0.15) is 0 Å². The number of carbonyl (C=O) groups excluding carboxylic acids is 1. The fraction of sp³-hybridized carbons (Fsp3) is 0.167.